The molecule has 0 atom stereocenters. The largest absolute Gasteiger partial charge is 0.490 e. The lowest BCUT2D eigenvalue weighted by Crippen LogP contribution is -2.07. The van der Waals surface area contributed by atoms with Crippen molar-refractivity contribution in [2.24, 2.45) is 0 Å². The Hall–Kier alpha value is -2.54. The van der Waals surface area contributed by atoms with Crippen LogP contribution in [0.25, 0.3) is 17.3 Å². The Morgan fingerprint density at radius 1 is 1.10 bits per heavy atom. The lowest BCUT2D eigenvalue weighted by molar-refractivity contribution is -0.111. The molecule has 0 unspecified atom stereocenters. The van der Waals surface area contributed by atoms with Crippen LogP contribution in [0.2, 0.25) is 10.0 Å². The number of anilines is 1. The number of rotatable bonds is 8. The third-order valence-corrected chi connectivity index (χ3v) is 5.24. The quantitative estimate of drug-likeness (QED) is 0.384. The minimum Gasteiger partial charge on any atom is -0.490 e. The number of halogens is 2. The Morgan fingerprint density at radius 3 is 2.60 bits per heavy atom. The average molecular weight is 463 g/mol. The molecule has 1 N–H and O–H groups in total. The highest BCUT2D eigenvalue weighted by Gasteiger charge is 2.10. The molecule has 3 rings (SSSR count). The highest BCUT2D eigenvalue weighted by atomic mass is 35.5. The zero-order chi connectivity index (χ0) is 21.5. The van der Waals surface area contributed by atoms with E-state index in [0.717, 1.165) is 11.1 Å². The van der Waals surface area contributed by atoms with Crippen LogP contribution in [0.4, 0.5) is 5.13 Å². The molecular weight excluding hydrogens is 443 g/mol. The number of thiazole rings is 1. The summed E-state index contributed by atoms with van der Waals surface area (Å²) in [6, 6.07) is 10.7. The molecule has 0 fully saturated rings. The van der Waals surface area contributed by atoms with E-state index in [9.17, 15) is 4.79 Å². The third kappa shape index (κ3) is 5.75. The highest BCUT2D eigenvalue weighted by Crippen LogP contribution is 2.32. The number of nitrogens with one attached hydrogen (secondary N) is 1. The number of hydrogen-bond acceptors (Lipinski definition) is 5. The van der Waals surface area contributed by atoms with Crippen LogP contribution in [0, 0.1) is 0 Å². The van der Waals surface area contributed by atoms with Crippen molar-refractivity contribution >= 4 is 51.7 Å². The summed E-state index contributed by atoms with van der Waals surface area (Å²) in [5.41, 5.74) is 2.25. The fraction of sp³-hybridized carbons (Fsp3) is 0.182. The summed E-state index contributed by atoms with van der Waals surface area (Å²) in [7, 11) is 0. The molecule has 156 valence electrons. The number of hydrogen-bond donors (Lipinski definition) is 1. The van der Waals surface area contributed by atoms with Crippen molar-refractivity contribution in [1.82, 2.24) is 4.98 Å². The molecule has 0 saturated heterocycles. The summed E-state index contributed by atoms with van der Waals surface area (Å²) in [5.74, 6) is 1.04. The van der Waals surface area contributed by atoms with Gasteiger partial charge in [-0.3, -0.25) is 10.1 Å². The minimum absolute atomic E-state index is 0.287. The molecule has 8 heteroatoms. The van der Waals surface area contributed by atoms with E-state index in [2.05, 4.69) is 10.3 Å². The summed E-state index contributed by atoms with van der Waals surface area (Å²) < 4.78 is 11.2. The zero-order valence-electron chi connectivity index (χ0n) is 16.4. The van der Waals surface area contributed by atoms with E-state index in [1.807, 2.05) is 37.4 Å². The van der Waals surface area contributed by atoms with Crippen molar-refractivity contribution in [3.63, 3.8) is 0 Å². The second-order valence-electron chi connectivity index (χ2n) is 6.06. The molecule has 0 aliphatic rings. The molecule has 2 aromatic carbocycles. The van der Waals surface area contributed by atoms with E-state index in [0.29, 0.717) is 45.6 Å². The van der Waals surface area contributed by atoms with E-state index >= 15 is 0 Å². The first-order valence-electron chi connectivity index (χ1n) is 9.29. The molecule has 0 radical (unpaired) electrons. The van der Waals surface area contributed by atoms with E-state index < -0.39 is 0 Å². The first kappa shape index (κ1) is 22.2. The Labute approximate surface area is 189 Å². The average Bonchev–Trinajstić information content (AvgIpc) is 3.16. The van der Waals surface area contributed by atoms with Gasteiger partial charge < -0.3 is 9.47 Å². The Balaban J connectivity index is 1.68. The smallest absolute Gasteiger partial charge is 0.250 e. The molecule has 1 heterocycles. The molecule has 30 heavy (non-hydrogen) atoms. The number of aromatic nitrogens is 1. The molecule has 1 amide bonds. The van der Waals surface area contributed by atoms with E-state index in [1.54, 1.807) is 24.3 Å². The first-order chi connectivity index (χ1) is 14.5. The lowest BCUT2D eigenvalue weighted by atomic mass is 10.2. The minimum atomic E-state index is -0.287. The van der Waals surface area contributed by atoms with Crippen molar-refractivity contribution in [2.75, 3.05) is 18.5 Å². The van der Waals surface area contributed by atoms with Crippen molar-refractivity contribution in [3.8, 4) is 22.8 Å². The topological polar surface area (TPSA) is 60.5 Å². The van der Waals surface area contributed by atoms with E-state index in [4.69, 9.17) is 32.7 Å². The van der Waals surface area contributed by atoms with Gasteiger partial charge in [0, 0.05) is 22.0 Å². The van der Waals surface area contributed by atoms with Crippen LogP contribution >= 0.6 is 34.5 Å². The van der Waals surface area contributed by atoms with Crippen molar-refractivity contribution < 1.29 is 14.3 Å². The molecular formula is C22H20Cl2N2O3S. The maximum Gasteiger partial charge on any atom is 0.250 e. The normalized spacial score (nSPS) is 10.9. The number of nitrogens with zero attached hydrogens (tertiary/aromatic N) is 1. The molecule has 0 aliphatic carbocycles. The summed E-state index contributed by atoms with van der Waals surface area (Å²) in [4.78, 5) is 16.7. The summed E-state index contributed by atoms with van der Waals surface area (Å²) >= 11 is 13.5. The summed E-state index contributed by atoms with van der Waals surface area (Å²) in [5, 5.41) is 6.13. The fourth-order valence-electron chi connectivity index (χ4n) is 2.64. The van der Waals surface area contributed by atoms with Crippen molar-refractivity contribution in [3.05, 3.63) is 63.5 Å². The third-order valence-electron chi connectivity index (χ3n) is 3.94. The van der Waals surface area contributed by atoms with Gasteiger partial charge in [0.2, 0.25) is 5.91 Å². The molecule has 3 aromatic rings. The molecule has 0 spiro atoms. The SMILES string of the molecule is CCOc1ccc(/C=C/C(=O)Nc2nc(-c3ccc(Cl)cc3Cl)cs2)cc1OCC. The van der Waals surface area contributed by atoms with Gasteiger partial charge >= 0.3 is 0 Å². The fourth-order valence-corrected chi connectivity index (χ4v) is 3.86. The van der Waals surface area contributed by atoms with Gasteiger partial charge in [0.25, 0.3) is 0 Å². The van der Waals surface area contributed by atoms with Gasteiger partial charge in [-0.15, -0.1) is 11.3 Å². The molecule has 5 nitrogen and oxygen atoms in total. The number of benzene rings is 2. The Kier molecular flexibility index (Phi) is 7.74. The molecule has 0 bridgehead atoms. The number of amides is 1. The molecule has 0 saturated carbocycles. The van der Waals surface area contributed by atoms with Gasteiger partial charge in [-0.25, -0.2) is 4.98 Å². The monoisotopic (exact) mass is 462 g/mol. The lowest BCUT2D eigenvalue weighted by Gasteiger charge is -2.11. The van der Waals surface area contributed by atoms with Gasteiger partial charge in [-0.1, -0.05) is 29.3 Å². The van der Waals surface area contributed by atoms with Crippen molar-refractivity contribution in [1.29, 1.82) is 0 Å². The van der Waals surface area contributed by atoms with E-state index in [1.165, 1.54) is 17.4 Å². The Morgan fingerprint density at radius 2 is 1.87 bits per heavy atom. The van der Waals surface area contributed by atoms with Crippen LogP contribution in [0.1, 0.15) is 19.4 Å². The first-order valence-corrected chi connectivity index (χ1v) is 10.9. The van der Waals surface area contributed by atoms with Gasteiger partial charge in [-0.05, 0) is 55.8 Å². The Bertz CT molecular complexity index is 1070. The predicted molar refractivity (Wildman–Crippen MR) is 124 cm³/mol. The van der Waals surface area contributed by atoms with Crippen LogP contribution in [-0.4, -0.2) is 24.1 Å². The number of ether oxygens (including phenoxy) is 2. The maximum absolute atomic E-state index is 12.3. The maximum atomic E-state index is 12.3. The predicted octanol–water partition coefficient (Wildman–Crippen LogP) is 6.57. The van der Waals surface area contributed by atoms with Crippen LogP contribution in [0.15, 0.2) is 47.9 Å². The standard InChI is InChI=1S/C22H20Cl2N2O3S/c1-3-28-19-9-5-14(11-20(19)29-4-2)6-10-21(27)26-22-25-18(13-30-22)16-8-7-15(23)12-17(16)24/h5-13H,3-4H2,1-2H3,(H,25,26,27)/b10-6+. The summed E-state index contributed by atoms with van der Waals surface area (Å²) in [6.07, 6.45) is 3.15. The van der Waals surface area contributed by atoms with Crippen LogP contribution < -0.4 is 14.8 Å². The second-order valence-corrected chi connectivity index (χ2v) is 7.76. The van der Waals surface area contributed by atoms with E-state index in [-0.39, 0.29) is 5.91 Å². The summed E-state index contributed by atoms with van der Waals surface area (Å²) in [6.45, 7) is 4.90. The van der Waals surface area contributed by atoms with Gasteiger partial charge in [0.15, 0.2) is 16.6 Å². The van der Waals surface area contributed by atoms with Gasteiger partial charge in [-0.2, -0.15) is 0 Å². The molecule has 0 aliphatic heterocycles. The van der Waals surface area contributed by atoms with Crippen molar-refractivity contribution in [2.45, 2.75) is 13.8 Å². The zero-order valence-corrected chi connectivity index (χ0v) is 18.8. The number of carbonyl (C=O) groups excluding carboxylic acids is 1. The molecule has 1 aromatic heterocycles. The second kappa shape index (κ2) is 10.5. The number of carbonyl (C=O) groups is 1. The highest BCUT2D eigenvalue weighted by molar-refractivity contribution is 7.14. The van der Waals surface area contributed by atoms with Crippen LogP contribution in [0.5, 0.6) is 11.5 Å². The van der Waals surface area contributed by atoms with Gasteiger partial charge in [0.1, 0.15) is 0 Å². The van der Waals surface area contributed by atoms with Crippen LogP contribution in [0.3, 0.4) is 0 Å². The van der Waals surface area contributed by atoms with Gasteiger partial charge in [0.05, 0.1) is 23.9 Å². The van der Waals surface area contributed by atoms with Crippen LogP contribution in [-0.2, 0) is 4.79 Å².